The van der Waals surface area contributed by atoms with Gasteiger partial charge >= 0.3 is 0 Å². The predicted octanol–water partition coefficient (Wildman–Crippen LogP) is 6.09. The van der Waals surface area contributed by atoms with Crippen LogP contribution in [0.3, 0.4) is 0 Å². The summed E-state index contributed by atoms with van der Waals surface area (Å²) in [5, 5.41) is 3.44. The molecular weight excluding hydrogens is 421 g/mol. The Morgan fingerprint density at radius 3 is 2.53 bits per heavy atom. The molecule has 30 heavy (non-hydrogen) atoms. The number of nitrogens with zero attached hydrogens (tertiary/aromatic N) is 2. The monoisotopic (exact) mass is 439 g/mol. The van der Waals surface area contributed by atoms with Crippen molar-refractivity contribution in [3.63, 3.8) is 0 Å². The van der Waals surface area contributed by atoms with E-state index in [2.05, 4.69) is 10.3 Å². The highest BCUT2D eigenvalue weighted by Gasteiger charge is 2.24. The first-order valence-corrected chi connectivity index (χ1v) is 10.5. The number of amides is 1. The Bertz CT molecular complexity index is 1210. The number of rotatable bonds is 3. The summed E-state index contributed by atoms with van der Waals surface area (Å²) in [7, 11) is 0. The topological polar surface area (TPSA) is 46.4 Å². The molecule has 1 amide bonds. The van der Waals surface area contributed by atoms with Gasteiger partial charge in [-0.25, -0.2) is 9.38 Å². The fraction of sp³-hybridized carbons (Fsp3) is 0.130. The molecular formula is C23H19ClFN3OS. The third-order valence-corrected chi connectivity index (χ3v) is 6.03. The second kappa shape index (κ2) is 8.13. The van der Waals surface area contributed by atoms with Crippen LogP contribution in [0, 0.1) is 26.6 Å². The zero-order valence-corrected chi connectivity index (χ0v) is 18.2. The molecule has 1 aromatic heterocycles. The predicted molar refractivity (Wildman–Crippen MR) is 122 cm³/mol. The van der Waals surface area contributed by atoms with Gasteiger partial charge in [-0.05, 0) is 80.6 Å². The standard InChI is InChI=1S/C23H19ClFN3OS/c1-13-4-6-17(7-5-13)26-23-27-22(29)21(30-23)11-16-10-14(2)28(15(16)3)18-8-9-20(25)19(24)12-18/h4-12H,1-3H3,(H,26,27,29)/b21-11-. The van der Waals surface area contributed by atoms with Crippen molar-refractivity contribution in [2.75, 3.05) is 0 Å². The van der Waals surface area contributed by atoms with Gasteiger partial charge in [0.15, 0.2) is 5.17 Å². The van der Waals surface area contributed by atoms with E-state index in [4.69, 9.17) is 11.6 Å². The van der Waals surface area contributed by atoms with Crippen molar-refractivity contribution in [1.29, 1.82) is 0 Å². The number of aryl methyl sites for hydroxylation is 2. The summed E-state index contributed by atoms with van der Waals surface area (Å²) in [6, 6.07) is 14.4. The van der Waals surface area contributed by atoms with Gasteiger partial charge in [-0.1, -0.05) is 29.3 Å². The molecule has 2 heterocycles. The first-order valence-electron chi connectivity index (χ1n) is 9.32. The third kappa shape index (κ3) is 4.06. The lowest BCUT2D eigenvalue weighted by atomic mass is 10.2. The average Bonchev–Trinajstić information content (AvgIpc) is 3.18. The van der Waals surface area contributed by atoms with Crippen molar-refractivity contribution in [2.45, 2.75) is 20.8 Å². The van der Waals surface area contributed by atoms with E-state index in [-0.39, 0.29) is 10.9 Å². The van der Waals surface area contributed by atoms with Crippen LogP contribution in [-0.4, -0.2) is 15.6 Å². The fourth-order valence-corrected chi connectivity index (χ4v) is 4.32. The first kappa shape index (κ1) is 20.4. The van der Waals surface area contributed by atoms with Gasteiger partial charge in [0.1, 0.15) is 5.82 Å². The number of carbonyl (C=O) groups excluding carboxylic acids is 1. The van der Waals surface area contributed by atoms with Gasteiger partial charge in [-0.2, -0.15) is 0 Å². The van der Waals surface area contributed by atoms with E-state index in [0.29, 0.717) is 10.1 Å². The SMILES string of the molecule is Cc1ccc(N=C2NC(=O)/C(=C/c3cc(C)n(-c4ccc(F)c(Cl)c4)c3C)S2)cc1. The van der Waals surface area contributed by atoms with Crippen molar-refractivity contribution in [3.8, 4) is 5.69 Å². The minimum atomic E-state index is -0.454. The Labute approximate surface area is 183 Å². The maximum atomic E-state index is 13.5. The maximum absolute atomic E-state index is 13.5. The van der Waals surface area contributed by atoms with Crippen molar-refractivity contribution < 1.29 is 9.18 Å². The molecule has 0 saturated carbocycles. The van der Waals surface area contributed by atoms with Crippen LogP contribution in [0.4, 0.5) is 10.1 Å². The number of thioether (sulfide) groups is 1. The minimum absolute atomic E-state index is 0.0718. The highest BCUT2D eigenvalue weighted by Crippen LogP contribution is 2.31. The van der Waals surface area contributed by atoms with Gasteiger partial charge in [-0.3, -0.25) is 4.79 Å². The van der Waals surface area contributed by atoms with Gasteiger partial charge in [0, 0.05) is 17.1 Å². The van der Waals surface area contributed by atoms with Gasteiger partial charge in [-0.15, -0.1) is 0 Å². The molecule has 4 nitrogen and oxygen atoms in total. The van der Waals surface area contributed by atoms with Crippen LogP contribution in [-0.2, 0) is 4.79 Å². The van der Waals surface area contributed by atoms with E-state index < -0.39 is 5.82 Å². The molecule has 2 aromatic carbocycles. The summed E-state index contributed by atoms with van der Waals surface area (Å²) >= 11 is 7.26. The minimum Gasteiger partial charge on any atom is -0.318 e. The van der Waals surface area contributed by atoms with E-state index in [1.54, 1.807) is 12.1 Å². The number of halogens is 2. The molecule has 1 aliphatic heterocycles. The Morgan fingerprint density at radius 1 is 1.10 bits per heavy atom. The van der Waals surface area contributed by atoms with Crippen LogP contribution >= 0.6 is 23.4 Å². The van der Waals surface area contributed by atoms with Crippen LogP contribution in [0.1, 0.15) is 22.5 Å². The lowest BCUT2D eigenvalue weighted by molar-refractivity contribution is -0.115. The molecule has 1 fully saturated rings. The van der Waals surface area contributed by atoms with E-state index in [9.17, 15) is 9.18 Å². The molecule has 0 atom stereocenters. The second-order valence-corrected chi connectivity index (χ2v) is 8.52. The smallest absolute Gasteiger partial charge is 0.264 e. The summed E-state index contributed by atoms with van der Waals surface area (Å²) in [6.45, 7) is 5.92. The summed E-state index contributed by atoms with van der Waals surface area (Å²) < 4.78 is 15.5. The molecule has 0 bridgehead atoms. The quantitative estimate of drug-likeness (QED) is 0.502. The van der Waals surface area contributed by atoms with E-state index in [1.807, 2.05) is 61.7 Å². The van der Waals surface area contributed by atoms with Crippen LogP contribution in [0.25, 0.3) is 11.8 Å². The number of aromatic nitrogens is 1. The third-order valence-electron chi connectivity index (χ3n) is 4.83. The molecule has 1 aliphatic rings. The van der Waals surface area contributed by atoms with Crippen LogP contribution < -0.4 is 5.32 Å². The Balaban J connectivity index is 1.64. The molecule has 4 rings (SSSR count). The van der Waals surface area contributed by atoms with Crippen molar-refractivity contribution in [2.24, 2.45) is 4.99 Å². The fourth-order valence-electron chi connectivity index (χ4n) is 3.31. The molecule has 152 valence electrons. The van der Waals surface area contributed by atoms with Crippen molar-refractivity contribution in [3.05, 3.63) is 86.8 Å². The van der Waals surface area contributed by atoms with E-state index >= 15 is 0 Å². The number of nitrogens with one attached hydrogen (secondary N) is 1. The molecule has 0 radical (unpaired) electrons. The lowest BCUT2D eigenvalue weighted by Crippen LogP contribution is -2.19. The van der Waals surface area contributed by atoms with E-state index in [0.717, 1.165) is 33.9 Å². The van der Waals surface area contributed by atoms with Crippen LogP contribution in [0.15, 0.2) is 58.4 Å². The Kier molecular flexibility index (Phi) is 5.54. The number of hydrogen-bond acceptors (Lipinski definition) is 3. The van der Waals surface area contributed by atoms with Gasteiger partial charge in [0.05, 0.1) is 15.6 Å². The van der Waals surface area contributed by atoms with Gasteiger partial charge < -0.3 is 9.88 Å². The largest absolute Gasteiger partial charge is 0.318 e. The molecule has 7 heteroatoms. The highest BCUT2D eigenvalue weighted by molar-refractivity contribution is 8.18. The number of aliphatic imine (C=N–C) groups is 1. The zero-order valence-electron chi connectivity index (χ0n) is 16.7. The second-order valence-electron chi connectivity index (χ2n) is 7.08. The number of carbonyl (C=O) groups is 1. The summed E-state index contributed by atoms with van der Waals surface area (Å²) in [4.78, 5) is 17.5. The maximum Gasteiger partial charge on any atom is 0.264 e. The summed E-state index contributed by atoms with van der Waals surface area (Å²) in [5.74, 6) is -0.634. The van der Waals surface area contributed by atoms with Crippen LogP contribution in [0.2, 0.25) is 5.02 Å². The number of amidine groups is 1. The molecule has 1 N–H and O–H groups in total. The molecule has 1 saturated heterocycles. The van der Waals surface area contributed by atoms with Gasteiger partial charge in [0.25, 0.3) is 5.91 Å². The summed E-state index contributed by atoms with van der Waals surface area (Å²) in [5.41, 5.74) is 5.50. The summed E-state index contributed by atoms with van der Waals surface area (Å²) in [6.07, 6.45) is 1.85. The molecule has 0 unspecified atom stereocenters. The van der Waals surface area contributed by atoms with Crippen LogP contribution in [0.5, 0.6) is 0 Å². The van der Waals surface area contributed by atoms with Crippen molar-refractivity contribution >= 4 is 46.2 Å². The van der Waals surface area contributed by atoms with Crippen molar-refractivity contribution in [1.82, 2.24) is 9.88 Å². The highest BCUT2D eigenvalue weighted by atomic mass is 35.5. The van der Waals surface area contributed by atoms with E-state index in [1.165, 1.54) is 17.8 Å². The normalized spacial score (nSPS) is 16.5. The number of hydrogen-bond donors (Lipinski definition) is 1. The molecule has 3 aromatic rings. The number of benzene rings is 2. The molecule has 0 aliphatic carbocycles. The Morgan fingerprint density at radius 2 is 1.83 bits per heavy atom. The molecule has 0 spiro atoms. The Hall–Kier alpha value is -2.83. The first-order chi connectivity index (χ1) is 14.3. The van der Waals surface area contributed by atoms with Gasteiger partial charge in [0.2, 0.25) is 0 Å². The average molecular weight is 440 g/mol. The zero-order chi connectivity index (χ0) is 21.4. The lowest BCUT2D eigenvalue weighted by Gasteiger charge is -2.10.